The van der Waals surface area contributed by atoms with Crippen molar-refractivity contribution in [3.8, 4) is 0 Å². The van der Waals surface area contributed by atoms with Gasteiger partial charge in [-0.15, -0.1) is 0 Å². The molecule has 2 aliphatic heterocycles. The number of hydrogen-bond acceptors (Lipinski definition) is 4. The molecule has 0 spiro atoms. The fraction of sp³-hybridized carbons (Fsp3) is 1.00. The molecule has 0 aliphatic carbocycles. The molecule has 2 heterocycles. The molecule has 0 atom stereocenters. The predicted molar refractivity (Wildman–Crippen MR) is 78.7 cm³/mol. The van der Waals surface area contributed by atoms with E-state index in [4.69, 9.17) is 4.74 Å². The van der Waals surface area contributed by atoms with Gasteiger partial charge in [0.15, 0.2) is 0 Å². The summed E-state index contributed by atoms with van der Waals surface area (Å²) >= 11 is 0. The minimum absolute atomic E-state index is 0.211. The molecular weight excluding hydrogens is 278 g/mol. The van der Waals surface area contributed by atoms with E-state index in [1.807, 2.05) is 7.05 Å². The van der Waals surface area contributed by atoms with Gasteiger partial charge in [0.1, 0.15) is 0 Å². The molecule has 0 bridgehead atoms. The number of rotatable bonds is 5. The first-order valence-corrected chi connectivity index (χ1v) is 8.90. The third kappa shape index (κ3) is 3.71. The van der Waals surface area contributed by atoms with Gasteiger partial charge in [0.2, 0.25) is 0 Å². The second-order valence-corrected chi connectivity index (χ2v) is 7.67. The van der Waals surface area contributed by atoms with E-state index >= 15 is 0 Å². The van der Waals surface area contributed by atoms with Crippen LogP contribution in [0.15, 0.2) is 0 Å². The van der Waals surface area contributed by atoms with Crippen molar-refractivity contribution in [3.63, 3.8) is 0 Å². The molecule has 2 fully saturated rings. The van der Waals surface area contributed by atoms with Gasteiger partial charge in [0.25, 0.3) is 10.2 Å². The van der Waals surface area contributed by atoms with E-state index in [9.17, 15) is 8.42 Å². The van der Waals surface area contributed by atoms with Gasteiger partial charge in [-0.05, 0) is 45.2 Å². The summed E-state index contributed by atoms with van der Waals surface area (Å²) in [6.45, 7) is 3.44. The van der Waals surface area contributed by atoms with Crippen molar-refractivity contribution >= 4 is 10.2 Å². The van der Waals surface area contributed by atoms with E-state index in [0.717, 1.165) is 32.2 Å². The molecular formula is C13H27N3O3S. The van der Waals surface area contributed by atoms with Crippen molar-refractivity contribution in [2.75, 3.05) is 46.9 Å². The number of hydrogen-bond donors (Lipinski definition) is 1. The Morgan fingerprint density at radius 1 is 1.05 bits per heavy atom. The van der Waals surface area contributed by atoms with Gasteiger partial charge in [-0.2, -0.15) is 17.0 Å². The van der Waals surface area contributed by atoms with Gasteiger partial charge in [-0.3, -0.25) is 0 Å². The van der Waals surface area contributed by atoms with E-state index in [-0.39, 0.29) is 6.10 Å². The van der Waals surface area contributed by atoms with E-state index in [1.165, 1.54) is 0 Å². The van der Waals surface area contributed by atoms with Crippen LogP contribution in [0.4, 0.5) is 0 Å². The summed E-state index contributed by atoms with van der Waals surface area (Å²) in [5.41, 5.74) is 0. The van der Waals surface area contributed by atoms with Gasteiger partial charge in [0.05, 0.1) is 6.10 Å². The van der Waals surface area contributed by atoms with Crippen molar-refractivity contribution in [3.05, 3.63) is 0 Å². The van der Waals surface area contributed by atoms with Crippen LogP contribution < -0.4 is 5.32 Å². The number of ether oxygens (including phenoxy) is 1. The average molecular weight is 305 g/mol. The van der Waals surface area contributed by atoms with Crippen molar-refractivity contribution in [2.24, 2.45) is 5.92 Å². The highest BCUT2D eigenvalue weighted by atomic mass is 32.2. The fourth-order valence-corrected chi connectivity index (χ4v) is 4.77. The number of nitrogens with one attached hydrogen (secondary N) is 1. The molecule has 0 aromatic rings. The summed E-state index contributed by atoms with van der Waals surface area (Å²) in [4.78, 5) is 0. The summed E-state index contributed by atoms with van der Waals surface area (Å²) < 4.78 is 33.8. The van der Waals surface area contributed by atoms with Crippen molar-refractivity contribution in [1.29, 1.82) is 0 Å². The lowest BCUT2D eigenvalue weighted by atomic mass is 9.98. The maximum absolute atomic E-state index is 12.6. The lowest BCUT2D eigenvalue weighted by Crippen LogP contribution is -2.50. The number of nitrogens with zero attached hydrogens (tertiary/aromatic N) is 2. The Hall–Kier alpha value is -0.210. The normalized spacial score (nSPS) is 25.1. The van der Waals surface area contributed by atoms with E-state index in [1.54, 1.807) is 15.7 Å². The molecule has 0 saturated carbocycles. The topological polar surface area (TPSA) is 61.9 Å². The van der Waals surface area contributed by atoms with Crippen LogP contribution in [0.25, 0.3) is 0 Å². The lowest BCUT2D eigenvalue weighted by molar-refractivity contribution is 0.0587. The van der Waals surface area contributed by atoms with Crippen molar-refractivity contribution in [2.45, 2.75) is 31.8 Å². The predicted octanol–water partition coefficient (Wildman–Crippen LogP) is 0.273. The van der Waals surface area contributed by atoms with Crippen molar-refractivity contribution < 1.29 is 13.2 Å². The Morgan fingerprint density at radius 2 is 1.55 bits per heavy atom. The van der Waals surface area contributed by atoms with Gasteiger partial charge in [0, 0.05) is 33.3 Å². The number of methoxy groups -OCH3 is 1. The van der Waals surface area contributed by atoms with Crippen LogP contribution in [0.3, 0.4) is 0 Å². The van der Waals surface area contributed by atoms with Crippen LogP contribution in [0.5, 0.6) is 0 Å². The Bertz CT molecular complexity index is 386. The Labute approximate surface area is 122 Å². The summed E-state index contributed by atoms with van der Waals surface area (Å²) in [6, 6.07) is 0. The second kappa shape index (κ2) is 7.17. The molecule has 1 N–H and O–H groups in total. The molecule has 2 saturated heterocycles. The van der Waals surface area contributed by atoms with Crippen LogP contribution in [-0.4, -0.2) is 70.0 Å². The lowest BCUT2D eigenvalue weighted by Gasteiger charge is -2.37. The van der Waals surface area contributed by atoms with Crippen LogP contribution in [0, 0.1) is 5.92 Å². The first-order chi connectivity index (χ1) is 9.57. The fourth-order valence-electron chi connectivity index (χ4n) is 3.09. The van der Waals surface area contributed by atoms with E-state index in [2.05, 4.69) is 5.32 Å². The zero-order valence-corrected chi connectivity index (χ0v) is 13.4. The standard InChI is InChI=1S/C13H27N3O3S/c1-14-11-12-3-7-15(8-4-12)20(17,18)16-9-5-13(19-2)6-10-16/h12-14H,3-11H2,1-2H3. The molecule has 0 amide bonds. The summed E-state index contributed by atoms with van der Waals surface area (Å²) in [5.74, 6) is 0.602. The first-order valence-electron chi connectivity index (χ1n) is 7.50. The van der Waals surface area contributed by atoms with Crippen LogP contribution in [0.1, 0.15) is 25.7 Å². The Balaban J connectivity index is 1.88. The van der Waals surface area contributed by atoms with Gasteiger partial charge in [-0.1, -0.05) is 0 Å². The molecule has 0 aromatic heterocycles. The highest BCUT2D eigenvalue weighted by Gasteiger charge is 2.34. The molecule has 0 aromatic carbocycles. The minimum atomic E-state index is -3.26. The average Bonchev–Trinajstić information content (AvgIpc) is 2.48. The highest BCUT2D eigenvalue weighted by Crippen LogP contribution is 2.23. The van der Waals surface area contributed by atoms with E-state index < -0.39 is 10.2 Å². The zero-order valence-electron chi connectivity index (χ0n) is 12.5. The molecule has 0 unspecified atom stereocenters. The van der Waals surface area contributed by atoms with Crippen molar-refractivity contribution in [1.82, 2.24) is 13.9 Å². The molecule has 0 radical (unpaired) electrons. The third-order valence-electron chi connectivity index (χ3n) is 4.45. The molecule has 2 aliphatic rings. The Kier molecular flexibility index (Phi) is 5.80. The maximum Gasteiger partial charge on any atom is 0.281 e. The highest BCUT2D eigenvalue weighted by molar-refractivity contribution is 7.86. The SMILES string of the molecule is CNCC1CCN(S(=O)(=O)N2CCC(OC)CC2)CC1. The Morgan fingerprint density at radius 3 is 2.00 bits per heavy atom. The second-order valence-electron chi connectivity index (χ2n) is 5.74. The summed E-state index contributed by atoms with van der Waals surface area (Å²) in [5, 5.41) is 3.17. The maximum atomic E-state index is 12.6. The minimum Gasteiger partial charge on any atom is -0.381 e. The van der Waals surface area contributed by atoms with Gasteiger partial charge >= 0.3 is 0 Å². The molecule has 118 valence electrons. The summed E-state index contributed by atoms with van der Waals surface area (Å²) in [6.07, 6.45) is 3.71. The smallest absolute Gasteiger partial charge is 0.281 e. The largest absolute Gasteiger partial charge is 0.381 e. The van der Waals surface area contributed by atoms with Crippen LogP contribution >= 0.6 is 0 Å². The third-order valence-corrected chi connectivity index (χ3v) is 6.49. The monoisotopic (exact) mass is 305 g/mol. The van der Waals surface area contributed by atoms with E-state index in [0.29, 0.717) is 32.1 Å². The first kappa shape index (κ1) is 16.2. The molecule has 2 rings (SSSR count). The molecule has 20 heavy (non-hydrogen) atoms. The van der Waals surface area contributed by atoms with Crippen LogP contribution in [0.2, 0.25) is 0 Å². The quantitative estimate of drug-likeness (QED) is 0.792. The number of piperidine rings is 2. The van der Waals surface area contributed by atoms with Crippen LogP contribution in [-0.2, 0) is 14.9 Å². The van der Waals surface area contributed by atoms with Gasteiger partial charge < -0.3 is 10.1 Å². The molecule has 6 nitrogen and oxygen atoms in total. The zero-order chi connectivity index (χ0) is 14.6. The van der Waals surface area contributed by atoms with Gasteiger partial charge in [-0.25, -0.2) is 0 Å². The summed E-state index contributed by atoms with van der Waals surface area (Å²) in [7, 11) is 0.379. The molecule has 7 heteroatoms.